The SMILES string of the molecule is Cc1ccc(C)c(OCCC(=O)NC(C)(C)CCO)c1. The van der Waals surface area contributed by atoms with E-state index in [1.54, 1.807) is 0 Å². The average Bonchev–Trinajstić information content (AvgIpc) is 2.32. The average molecular weight is 279 g/mol. The Morgan fingerprint density at radius 2 is 2.05 bits per heavy atom. The van der Waals surface area contributed by atoms with Gasteiger partial charge in [-0.2, -0.15) is 0 Å². The lowest BCUT2D eigenvalue weighted by Gasteiger charge is -2.25. The molecule has 1 aromatic carbocycles. The van der Waals surface area contributed by atoms with Crippen LogP contribution in [0.1, 0.15) is 37.8 Å². The number of rotatable bonds is 7. The molecule has 0 aliphatic heterocycles. The van der Waals surface area contributed by atoms with Gasteiger partial charge in [-0.15, -0.1) is 0 Å². The second-order valence-corrected chi connectivity index (χ2v) is 5.77. The van der Waals surface area contributed by atoms with Gasteiger partial charge < -0.3 is 15.2 Å². The summed E-state index contributed by atoms with van der Waals surface area (Å²) in [4.78, 5) is 11.8. The lowest BCUT2D eigenvalue weighted by Crippen LogP contribution is -2.44. The third kappa shape index (κ3) is 5.61. The van der Waals surface area contributed by atoms with Gasteiger partial charge in [0.25, 0.3) is 0 Å². The van der Waals surface area contributed by atoms with Crippen molar-refractivity contribution in [1.82, 2.24) is 5.32 Å². The Balaban J connectivity index is 2.40. The molecule has 0 bridgehead atoms. The van der Waals surface area contributed by atoms with Crippen molar-refractivity contribution in [3.63, 3.8) is 0 Å². The van der Waals surface area contributed by atoms with Gasteiger partial charge in [0.15, 0.2) is 0 Å². The Morgan fingerprint density at radius 3 is 2.70 bits per heavy atom. The van der Waals surface area contributed by atoms with E-state index in [0.29, 0.717) is 19.4 Å². The molecule has 0 fully saturated rings. The lowest BCUT2D eigenvalue weighted by molar-refractivity contribution is -0.123. The summed E-state index contributed by atoms with van der Waals surface area (Å²) in [6.45, 7) is 8.20. The molecule has 0 unspecified atom stereocenters. The van der Waals surface area contributed by atoms with Crippen molar-refractivity contribution in [2.75, 3.05) is 13.2 Å². The first-order valence-corrected chi connectivity index (χ1v) is 6.96. The van der Waals surface area contributed by atoms with Crippen LogP contribution in [0.3, 0.4) is 0 Å². The number of amides is 1. The van der Waals surface area contributed by atoms with Gasteiger partial charge in [-0.1, -0.05) is 12.1 Å². The van der Waals surface area contributed by atoms with Crippen molar-refractivity contribution >= 4 is 5.91 Å². The van der Waals surface area contributed by atoms with Gasteiger partial charge in [0.05, 0.1) is 13.0 Å². The molecule has 0 saturated heterocycles. The van der Waals surface area contributed by atoms with Gasteiger partial charge in [0.2, 0.25) is 5.91 Å². The topological polar surface area (TPSA) is 58.6 Å². The first-order valence-electron chi connectivity index (χ1n) is 6.96. The van der Waals surface area contributed by atoms with Gasteiger partial charge in [-0.05, 0) is 51.3 Å². The van der Waals surface area contributed by atoms with E-state index in [-0.39, 0.29) is 18.1 Å². The molecule has 0 heterocycles. The van der Waals surface area contributed by atoms with Crippen LogP contribution in [-0.2, 0) is 4.79 Å². The molecule has 0 aliphatic carbocycles. The summed E-state index contributed by atoms with van der Waals surface area (Å²) in [5.74, 6) is 0.765. The summed E-state index contributed by atoms with van der Waals surface area (Å²) in [7, 11) is 0. The summed E-state index contributed by atoms with van der Waals surface area (Å²) in [6, 6.07) is 6.02. The highest BCUT2D eigenvalue weighted by molar-refractivity contribution is 5.76. The monoisotopic (exact) mass is 279 g/mol. The highest BCUT2D eigenvalue weighted by atomic mass is 16.5. The molecule has 1 amide bonds. The van der Waals surface area contributed by atoms with Gasteiger partial charge in [-0.3, -0.25) is 4.79 Å². The summed E-state index contributed by atoms with van der Waals surface area (Å²) in [6.07, 6.45) is 0.846. The van der Waals surface area contributed by atoms with E-state index in [1.165, 1.54) is 0 Å². The lowest BCUT2D eigenvalue weighted by atomic mass is 10.0. The van der Waals surface area contributed by atoms with Gasteiger partial charge in [0.1, 0.15) is 5.75 Å². The van der Waals surface area contributed by atoms with Gasteiger partial charge >= 0.3 is 0 Å². The van der Waals surface area contributed by atoms with Crippen molar-refractivity contribution in [1.29, 1.82) is 0 Å². The second kappa shape index (κ2) is 7.29. The molecule has 0 atom stereocenters. The standard InChI is InChI=1S/C16H25NO3/c1-12-5-6-13(2)14(11-12)20-10-7-15(19)17-16(3,4)8-9-18/h5-6,11,18H,7-10H2,1-4H3,(H,17,19). The van der Waals surface area contributed by atoms with Crippen LogP contribution >= 0.6 is 0 Å². The predicted molar refractivity (Wildman–Crippen MR) is 80.0 cm³/mol. The third-order valence-corrected chi connectivity index (χ3v) is 3.14. The van der Waals surface area contributed by atoms with Crippen LogP contribution in [0.2, 0.25) is 0 Å². The van der Waals surface area contributed by atoms with E-state index in [1.807, 2.05) is 45.9 Å². The minimum Gasteiger partial charge on any atom is -0.493 e. The molecule has 112 valence electrons. The minimum absolute atomic E-state index is 0.0613. The molecule has 4 heteroatoms. The molecule has 1 rings (SSSR count). The largest absolute Gasteiger partial charge is 0.493 e. The number of benzene rings is 1. The fraction of sp³-hybridized carbons (Fsp3) is 0.562. The molecule has 0 spiro atoms. The van der Waals surface area contributed by atoms with Crippen molar-refractivity contribution in [3.05, 3.63) is 29.3 Å². The Labute approximate surface area is 121 Å². The third-order valence-electron chi connectivity index (χ3n) is 3.14. The minimum atomic E-state index is -0.384. The molecule has 20 heavy (non-hydrogen) atoms. The number of hydrogen-bond acceptors (Lipinski definition) is 3. The van der Waals surface area contributed by atoms with E-state index in [2.05, 4.69) is 5.32 Å². The number of aryl methyl sites for hydroxylation is 2. The van der Waals surface area contributed by atoms with Crippen LogP contribution in [0.15, 0.2) is 18.2 Å². The first kappa shape index (κ1) is 16.5. The van der Waals surface area contributed by atoms with Crippen LogP contribution in [0, 0.1) is 13.8 Å². The molecular weight excluding hydrogens is 254 g/mol. The molecule has 0 saturated carbocycles. The van der Waals surface area contributed by atoms with Gasteiger partial charge in [-0.25, -0.2) is 0 Å². The predicted octanol–water partition coefficient (Wildman–Crippen LogP) is 2.35. The Morgan fingerprint density at radius 1 is 1.35 bits per heavy atom. The number of carbonyl (C=O) groups is 1. The van der Waals surface area contributed by atoms with Crippen LogP contribution < -0.4 is 10.1 Å². The van der Waals surface area contributed by atoms with Crippen LogP contribution in [0.5, 0.6) is 5.75 Å². The van der Waals surface area contributed by atoms with Gasteiger partial charge in [0, 0.05) is 12.1 Å². The van der Waals surface area contributed by atoms with E-state index >= 15 is 0 Å². The molecule has 4 nitrogen and oxygen atoms in total. The van der Waals surface area contributed by atoms with E-state index in [0.717, 1.165) is 16.9 Å². The number of hydrogen-bond donors (Lipinski definition) is 2. The van der Waals surface area contributed by atoms with Crippen LogP contribution in [-0.4, -0.2) is 29.8 Å². The zero-order chi connectivity index (χ0) is 15.2. The highest BCUT2D eigenvalue weighted by Gasteiger charge is 2.19. The maximum absolute atomic E-state index is 11.8. The maximum atomic E-state index is 11.8. The number of aliphatic hydroxyl groups is 1. The molecule has 0 radical (unpaired) electrons. The van der Waals surface area contributed by atoms with E-state index < -0.39 is 0 Å². The molecule has 0 aliphatic rings. The molecular formula is C16H25NO3. The summed E-state index contributed by atoms with van der Waals surface area (Å²) >= 11 is 0. The van der Waals surface area contributed by atoms with Crippen molar-refractivity contribution in [2.45, 2.75) is 46.1 Å². The highest BCUT2D eigenvalue weighted by Crippen LogP contribution is 2.19. The second-order valence-electron chi connectivity index (χ2n) is 5.77. The van der Waals surface area contributed by atoms with Crippen molar-refractivity contribution in [2.24, 2.45) is 0 Å². The Hall–Kier alpha value is -1.55. The Bertz CT molecular complexity index is 455. The molecule has 1 aromatic rings. The quantitative estimate of drug-likeness (QED) is 0.805. The number of carbonyl (C=O) groups excluding carboxylic acids is 1. The van der Waals surface area contributed by atoms with Crippen molar-refractivity contribution in [3.8, 4) is 5.75 Å². The fourth-order valence-electron chi connectivity index (χ4n) is 1.90. The summed E-state index contributed by atoms with van der Waals surface area (Å²) in [5.41, 5.74) is 1.82. The number of aliphatic hydroxyl groups excluding tert-OH is 1. The van der Waals surface area contributed by atoms with Crippen LogP contribution in [0.4, 0.5) is 0 Å². The van der Waals surface area contributed by atoms with E-state index in [9.17, 15) is 4.79 Å². The zero-order valence-electron chi connectivity index (χ0n) is 12.8. The summed E-state index contributed by atoms with van der Waals surface area (Å²) < 4.78 is 5.65. The normalized spacial score (nSPS) is 11.2. The first-order chi connectivity index (χ1) is 9.34. The smallest absolute Gasteiger partial charge is 0.223 e. The zero-order valence-corrected chi connectivity index (χ0v) is 12.8. The molecule has 0 aromatic heterocycles. The number of ether oxygens (including phenoxy) is 1. The number of nitrogens with one attached hydrogen (secondary N) is 1. The Kier molecular flexibility index (Phi) is 6.02. The van der Waals surface area contributed by atoms with Crippen LogP contribution in [0.25, 0.3) is 0 Å². The van der Waals surface area contributed by atoms with E-state index in [4.69, 9.17) is 9.84 Å². The molecule has 2 N–H and O–H groups in total. The maximum Gasteiger partial charge on any atom is 0.223 e. The summed E-state index contributed by atoms with van der Waals surface area (Å²) in [5, 5.41) is 11.8. The van der Waals surface area contributed by atoms with Crippen molar-refractivity contribution < 1.29 is 14.6 Å². The fourth-order valence-corrected chi connectivity index (χ4v) is 1.90.